The number of rotatable bonds is 3. The highest BCUT2D eigenvalue weighted by Crippen LogP contribution is 2.63. The van der Waals surface area contributed by atoms with Crippen LogP contribution in [0.1, 0.15) is 66.2 Å². The first kappa shape index (κ1) is 19.1. The van der Waals surface area contributed by atoms with Crippen molar-refractivity contribution in [3.63, 3.8) is 0 Å². The van der Waals surface area contributed by atoms with Gasteiger partial charge in [-0.15, -0.1) is 12.4 Å². The Bertz CT molecular complexity index is 971. The highest BCUT2D eigenvalue weighted by Gasteiger charge is 2.58. The summed E-state index contributed by atoms with van der Waals surface area (Å²) in [6.07, 6.45) is 6.62. The number of nitro groups is 1. The molecule has 29 heavy (non-hydrogen) atoms. The Morgan fingerprint density at radius 1 is 1.07 bits per heavy atom. The number of likely N-dealkylation sites (tertiary alicyclic amines) is 1. The second kappa shape index (κ2) is 6.82. The van der Waals surface area contributed by atoms with Crippen LogP contribution in [-0.4, -0.2) is 29.5 Å². The molecule has 3 atom stereocenters. The van der Waals surface area contributed by atoms with E-state index in [0.29, 0.717) is 11.8 Å². The average Bonchev–Trinajstić information content (AvgIpc) is 3.41. The third-order valence-electron chi connectivity index (χ3n) is 8.08. The monoisotopic (exact) mass is 410 g/mol. The van der Waals surface area contributed by atoms with Crippen molar-refractivity contribution < 1.29 is 4.92 Å². The number of hydrogen-bond acceptors (Lipinski definition) is 3. The van der Waals surface area contributed by atoms with Gasteiger partial charge in [0, 0.05) is 49.0 Å². The molecule has 1 spiro atoms. The van der Waals surface area contributed by atoms with Gasteiger partial charge in [-0.1, -0.05) is 43.2 Å². The summed E-state index contributed by atoms with van der Waals surface area (Å²) < 4.78 is 0. The molecule has 2 fully saturated rings. The van der Waals surface area contributed by atoms with E-state index in [0.717, 1.165) is 25.4 Å². The lowest BCUT2D eigenvalue weighted by Crippen LogP contribution is -2.35. The molecular formula is C24H27ClN2O2. The first-order chi connectivity index (χ1) is 13.7. The van der Waals surface area contributed by atoms with E-state index in [2.05, 4.69) is 29.2 Å². The second-order valence-corrected chi connectivity index (χ2v) is 9.47. The summed E-state index contributed by atoms with van der Waals surface area (Å²) in [6, 6.07) is 14.6. The lowest BCUT2D eigenvalue weighted by Gasteiger charge is -2.37. The Kier molecular flexibility index (Phi) is 4.48. The van der Waals surface area contributed by atoms with Crippen molar-refractivity contribution in [3.8, 4) is 0 Å². The Morgan fingerprint density at radius 2 is 1.83 bits per heavy atom. The van der Waals surface area contributed by atoms with E-state index in [1.54, 1.807) is 6.07 Å². The Hall–Kier alpha value is -1.91. The fraction of sp³-hybridized carbons (Fsp3) is 0.500. The topological polar surface area (TPSA) is 46.4 Å². The zero-order valence-corrected chi connectivity index (χ0v) is 17.4. The molecule has 152 valence electrons. The van der Waals surface area contributed by atoms with Crippen molar-refractivity contribution in [1.82, 2.24) is 4.90 Å². The van der Waals surface area contributed by atoms with Gasteiger partial charge in [-0.2, -0.15) is 0 Å². The van der Waals surface area contributed by atoms with Crippen LogP contribution < -0.4 is 0 Å². The van der Waals surface area contributed by atoms with E-state index >= 15 is 0 Å². The maximum atomic E-state index is 11.5. The number of nitrogens with zero attached hydrogens (tertiary/aromatic N) is 2. The van der Waals surface area contributed by atoms with Crippen LogP contribution in [0.3, 0.4) is 0 Å². The normalized spacial score (nSPS) is 29.8. The summed E-state index contributed by atoms with van der Waals surface area (Å²) in [6.45, 7) is 3.37. The number of non-ortho nitro benzene ring substituents is 1. The molecule has 1 saturated heterocycles. The minimum atomic E-state index is -0.230. The smallest absolute Gasteiger partial charge is 0.269 e. The van der Waals surface area contributed by atoms with Crippen LogP contribution in [0.15, 0.2) is 42.5 Å². The van der Waals surface area contributed by atoms with Crippen LogP contribution in [0.2, 0.25) is 0 Å². The number of nitro benzene ring substituents is 1. The minimum absolute atomic E-state index is 0. The first-order valence-electron chi connectivity index (χ1n) is 10.8. The molecule has 1 saturated carbocycles. The lowest BCUT2D eigenvalue weighted by molar-refractivity contribution is -0.385. The summed E-state index contributed by atoms with van der Waals surface area (Å²) in [5.41, 5.74) is 5.85. The highest BCUT2D eigenvalue weighted by atomic mass is 35.5. The molecule has 2 aromatic carbocycles. The van der Waals surface area contributed by atoms with Gasteiger partial charge < -0.3 is 4.90 Å². The largest absolute Gasteiger partial charge is 0.302 e. The van der Waals surface area contributed by atoms with Gasteiger partial charge in [0.1, 0.15) is 0 Å². The molecule has 3 unspecified atom stereocenters. The molecule has 1 heterocycles. The van der Waals surface area contributed by atoms with Crippen molar-refractivity contribution in [1.29, 1.82) is 0 Å². The second-order valence-electron chi connectivity index (χ2n) is 9.47. The van der Waals surface area contributed by atoms with Gasteiger partial charge in [-0.3, -0.25) is 10.1 Å². The Morgan fingerprint density at radius 3 is 2.59 bits per heavy atom. The van der Waals surface area contributed by atoms with Crippen LogP contribution in [-0.2, 0) is 5.41 Å². The van der Waals surface area contributed by atoms with Gasteiger partial charge >= 0.3 is 0 Å². The molecule has 0 aromatic heterocycles. The minimum Gasteiger partial charge on any atom is -0.302 e. The fourth-order valence-corrected chi connectivity index (χ4v) is 6.98. The summed E-state index contributed by atoms with van der Waals surface area (Å²) in [5, 5.41) is 11.5. The van der Waals surface area contributed by atoms with Crippen LogP contribution >= 0.6 is 12.4 Å². The number of hydrogen-bond donors (Lipinski definition) is 0. The van der Waals surface area contributed by atoms with Crippen LogP contribution in [0, 0.1) is 16.0 Å². The van der Waals surface area contributed by atoms with Crippen LogP contribution in [0.25, 0.3) is 0 Å². The van der Waals surface area contributed by atoms with Crippen molar-refractivity contribution in [2.75, 3.05) is 19.6 Å². The van der Waals surface area contributed by atoms with Crippen molar-refractivity contribution in [2.24, 2.45) is 5.92 Å². The van der Waals surface area contributed by atoms with Gasteiger partial charge in [0.05, 0.1) is 4.92 Å². The molecule has 5 heteroatoms. The summed E-state index contributed by atoms with van der Waals surface area (Å²) in [4.78, 5) is 13.9. The van der Waals surface area contributed by atoms with Gasteiger partial charge in [0.2, 0.25) is 0 Å². The molecule has 2 bridgehead atoms. The molecule has 2 aromatic rings. The first-order valence-corrected chi connectivity index (χ1v) is 10.8. The van der Waals surface area contributed by atoms with Crippen LogP contribution in [0.4, 0.5) is 5.69 Å². The maximum absolute atomic E-state index is 11.5. The SMILES string of the molecule is Cl.O=[N+]([O-])c1ccc2c(c1)C13CC2c2ccccc2C1CN(CC1CCCC1)C3. The third-order valence-corrected chi connectivity index (χ3v) is 8.08. The lowest BCUT2D eigenvalue weighted by atomic mass is 9.65. The molecule has 0 amide bonds. The van der Waals surface area contributed by atoms with E-state index in [9.17, 15) is 10.1 Å². The van der Waals surface area contributed by atoms with Gasteiger partial charge in [-0.25, -0.2) is 0 Å². The molecule has 4 nitrogen and oxygen atoms in total. The quantitative estimate of drug-likeness (QED) is 0.503. The number of benzene rings is 2. The molecular weight excluding hydrogens is 384 g/mol. The molecule has 0 radical (unpaired) electrons. The average molecular weight is 411 g/mol. The van der Waals surface area contributed by atoms with Crippen LogP contribution in [0.5, 0.6) is 0 Å². The predicted molar refractivity (Wildman–Crippen MR) is 116 cm³/mol. The molecule has 6 rings (SSSR count). The standard InChI is InChI=1S/C24H26N2O2.ClH/c27-26(28)17-9-10-20-21-12-24(22(20)11-17)15-25(13-16-5-1-2-6-16)14-23(24)19-8-4-3-7-18(19)21;/h3-4,7-11,16,21,23H,1-2,5-6,12-15H2;1H. The Labute approximate surface area is 177 Å². The molecule has 0 N–H and O–H groups in total. The Balaban J connectivity index is 0.00000181. The molecule has 4 aliphatic rings. The molecule has 1 aliphatic heterocycles. The van der Waals surface area contributed by atoms with Gasteiger partial charge in [0.15, 0.2) is 0 Å². The van der Waals surface area contributed by atoms with Gasteiger partial charge in [0.25, 0.3) is 5.69 Å². The highest BCUT2D eigenvalue weighted by molar-refractivity contribution is 5.85. The summed E-state index contributed by atoms with van der Waals surface area (Å²) >= 11 is 0. The number of fused-ring (bicyclic) bond motifs is 3. The fourth-order valence-electron chi connectivity index (χ4n) is 6.98. The summed E-state index contributed by atoms with van der Waals surface area (Å²) in [5.74, 6) is 1.70. The predicted octanol–water partition coefficient (Wildman–Crippen LogP) is 5.39. The zero-order chi connectivity index (χ0) is 18.9. The van der Waals surface area contributed by atoms with Crippen molar-refractivity contribution in [3.05, 3.63) is 74.8 Å². The van der Waals surface area contributed by atoms with E-state index in [4.69, 9.17) is 0 Å². The van der Waals surface area contributed by atoms with E-state index < -0.39 is 0 Å². The third kappa shape index (κ3) is 2.69. The van der Waals surface area contributed by atoms with E-state index in [1.807, 2.05) is 12.1 Å². The van der Waals surface area contributed by atoms with Gasteiger partial charge in [-0.05, 0) is 47.4 Å². The van der Waals surface area contributed by atoms with Crippen molar-refractivity contribution >= 4 is 18.1 Å². The maximum Gasteiger partial charge on any atom is 0.269 e. The summed E-state index contributed by atoms with van der Waals surface area (Å²) in [7, 11) is 0. The number of halogens is 1. The molecule has 3 aliphatic carbocycles. The van der Waals surface area contributed by atoms with E-state index in [1.165, 1.54) is 54.5 Å². The van der Waals surface area contributed by atoms with Crippen molar-refractivity contribution in [2.45, 2.75) is 49.4 Å². The van der Waals surface area contributed by atoms with E-state index in [-0.39, 0.29) is 28.4 Å². The zero-order valence-electron chi connectivity index (χ0n) is 16.5.